The van der Waals surface area contributed by atoms with Crippen molar-refractivity contribution in [2.75, 3.05) is 0 Å². The number of ether oxygens (including phenoxy) is 1. The van der Waals surface area contributed by atoms with Crippen molar-refractivity contribution in [3.05, 3.63) is 35.9 Å². The lowest BCUT2D eigenvalue weighted by atomic mass is 10.1. The van der Waals surface area contributed by atoms with Crippen LogP contribution in [-0.4, -0.2) is 5.97 Å². The first kappa shape index (κ1) is 15.3. The molecule has 0 atom stereocenters. The molecule has 0 unspecified atom stereocenters. The first-order chi connectivity index (χ1) is 9.33. The van der Waals surface area contributed by atoms with E-state index in [-0.39, 0.29) is 5.97 Å². The summed E-state index contributed by atoms with van der Waals surface area (Å²) in [6.45, 7) is 0.377. The van der Waals surface area contributed by atoms with Crippen molar-refractivity contribution in [3.63, 3.8) is 0 Å². The van der Waals surface area contributed by atoms with Crippen LogP contribution in [0.15, 0.2) is 30.3 Å². The first-order valence-electron chi connectivity index (χ1n) is 6.96. The highest BCUT2D eigenvalue weighted by molar-refractivity contribution is 5.69. The van der Waals surface area contributed by atoms with Gasteiger partial charge in [0.1, 0.15) is 6.61 Å². The molecular weight excluding hydrogens is 236 g/mol. The number of terminal acetylenes is 1. The summed E-state index contributed by atoms with van der Waals surface area (Å²) in [5.41, 5.74) is 1.03. The van der Waals surface area contributed by atoms with Crippen LogP contribution in [-0.2, 0) is 16.1 Å². The van der Waals surface area contributed by atoms with Crippen molar-refractivity contribution in [2.45, 2.75) is 51.6 Å². The van der Waals surface area contributed by atoms with Crippen LogP contribution in [0.5, 0.6) is 0 Å². The zero-order valence-electron chi connectivity index (χ0n) is 11.4. The third kappa shape index (κ3) is 8.05. The maximum Gasteiger partial charge on any atom is 0.306 e. The SMILES string of the molecule is C#CCCCCCCCC(=O)OCc1ccccc1. The molecule has 0 aliphatic carbocycles. The molecule has 2 nitrogen and oxygen atoms in total. The van der Waals surface area contributed by atoms with E-state index in [1.165, 1.54) is 0 Å². The number of carbonyl (C=O) groups excluding carboxylic acids is 1. The van der Waals surface area contributed by atoms with Crippen molar-refractivity contribution in [3.8, 4) is 12.3 Å². The van der Waals surface area contributed by atoms with Gasteiger partial charge in [-0.05, 0) is 18.4 Å². The van der Waals surface area contributed by atoms with Crippen LogP contribution in [0.3, 0.4) is 0 Å². The summed E-state index contributed by atoms with van der Waals surface area (Å²) in [5.74, 6) is 2.53. The Bertz CT molecular complexity index is 389. The van der Waals surface area contributed by atoms with Crippen LogP contribution in [0.25, 0.3) is 0 Å². The molecular formula is C17H22O2. The number of carbonyl (C=O) groups is 1. The van der Waals surface area contributed by atoms with E-state index in [9.17, 15) is 4.79 Å². The normalized spacial score (nSPS) is 9.84. The lowest BCUT2D eigenvalue weighted by molar-refractivity contribution is -0.145. The number of hydrogen-bond acceptors (Lipinski definition) is 2. The number of esters is 1. The van der Waals surface area contributed by atoms with E-state index >= 15 is 0 Å². The van der Waals surface area contributed by atoms with E-state index in [1.807, 2.05) is 30.3 Å². The molecule has 0 spiro atoms. The first-order valence-corrected chi connectivity index (χ1v) is 6.96. The van der Waals surface area contributed by atoms with Crippen molar-refractivity contribution in [1.82, 2.24) is 0 Å². The van der Waals surface area contributed by atoms with E-state index in [4.69, 9.17) is 11.2 Å². The zero-order chi connectivity index (χ0) is 13.8. The summed E-state index contributed by atoms with van der Waals surface area (Å²) in [6, 6.07) is 9.75. The number of unbranched alkanes of at least 4 members (excludes halogenated alkanes) is 5. The average Bonchev–Trinajstić information content (AvgIpc) is 2.45. The highest BCUT2D eigenvalue weighted by Crippen LogP contribution is 2.08. The van der Waals surface area contributed by atoms with Crippen molar-refractivity contribution in [2.24, 2.45) is 0 Å². The highest BCUT2D eigenvalue weighted by Gasteiger charge is 2.02. The van der Waals surface area contributed by atoms with Gasteiger partial charge in [0.2, 0.25) is 0 Å². The van der Waals surface area contributed by atoms with Gasteiger partial charge in [-0.25, -0.2) is 0 Å². The standard InChI is InChI=1S/C17H22O2/c1-2-3-4-5-6-7-11-14-17(18)19-15-16-12-9-8-10-13-16/h1,8-10,12-13H,3-7,11,14-15H2. The number of rotatable bonds is 9. The van der Waals surface area contributed by atoms with Crippen LogP contribution < -0.4 is 0 Å². The Hall–Kier alpha value is -1.75. The lowest BCUT2D eigenvalue weighted by Crippen LogP contribution is -2.04. The van der Waals surface area contributed by atoms with Gasteiger partial charge in [-0.1, -0.05) is 49.6 Å². The molecule has 0 aliphatic rings. The summed E-state index contributed by atoms with van der Waals surface area (Å²) < 4.78 is 5.21. The second kappa shape index (κ2) is 10.2. The fourth-order valence-electron chi connectivity index (χ4n) is 1.84. The predicted octanol–water partition coefficient (Wildman–Crippen LogP) is 4.09. The van der Waals surface area contributed by atoms with Gasteiger partial charge in [-0.2, -0.15) is 0 Å². The largest absolute Gasteiger partial charge is 0.461 e. The maximum atomic E-state index is 11.5. The van der Waals surface area contributed by atoms with Gasteiger partial charge < -0.3 is 4.74 Å². The summed E-state index contributed by atoms with van der Waals surface area (Å²) in [4.78, 5) is 11.5. The van der Waals surface area contributed by atoms with Gasteiger partial charge in [0.15, 0.2) is 0 Å². The van der Waals surface area contributed by atoms with Gasteiger partial charge in [0.05, 0.1) is 0 Å². The molecule has 0 saturated heterocycles. The van der Waals surface area contributed by atoms with Crippen LogP contribution in [0.2, 0.25) is 0 Å². The molecule has 0 heterocycles. The predicted molar refractivity (Wildman–Crippen MR) is 77.4 cm³/mol. The zero-order valence-corrected chi connectivity index (χ0v) is 11.4. The second-order valence-corrected chi connectivity index (χ2v) is 4.62. The summed E-state index contributed by atoms with van der Waals surface area (Å²) >= 11 is 0. The fraction of sp³-hybridized carbons (Fsp3) is 0.471. The number of benzene rings is 1. The molecule has 0 bridgehead atoms. The molecule has 0 saturated carbocycles. The van der Waals surface area contributed by atoms with Crippen LogP contribution in [0, 0.1) is 12.3 Å². The van der Waals surface area contributed by atoms with Crippen molar-refractivity contribution in [1.29, 1.82) is 0 Å². The lowest BCUT2D eigenvalue weighted by Gasteiger charge is -2.04. The molecule has 0 fully saturated rings. The molecule has 1 aromatic rings. The van der Waals surface area contributed by atoms with E-state index < -0.39 is 0 Å². The van der Waals surface area contributed by atoms with Gasteiger partial charge in [0.25, 0.3) is 0 Å². The molecule has 0 N–H and O–H groups in total. The Morgan fingerprint density at radius 1 is 1.05 bits per heavy atom. The smallest absolute Gasteiger partial charge is 0.306 e. The van der Waals surface area contributed by atoms with Gasteiger partial charge in [-0.3, -0.25) is 4.79 Å². The van der Waals surface area contributed by atoms with Gasteiger partial charge in [-0.15, -0.1) is 12.3 Å². The average molecular weight is 258 g/mol. The van der Waals surface area contributed by atoms with Gasteiger partial charge >= 0.3 is 5.97 Å². The molecule has 1 rings (SSSR count). The molecule has 0 aromatic heterocycles. The second-order valence-electron chi connectivity index (χ2n) is 4.62. The monoisotopic (exact) mass is 258 g/mol. The molecule has 2 heteroatoms. The van der Waals surface area contributed by atoms with E-state index in [0.29, 0.717) is 13.0 Å². The highest BCUT2D eigenvalue weighted by atomic mass is 16.5. The Kier molecular flexibility index (Phi) is 8.22. The maximum absolute atomic E-state index is 11.5. The fourth-order valence-corrected chi connectivity index (χ4v) is 1.84. The quantitative estimate of drug-likeness (QED) is 0.379. The Morgan fingerprint density at radius 3 is 2.47 bits per heavy atom. The summed E-state index contributed by atoms with van der Waals surface area (Å²) in [6.07, 6.45) is 11.9. The summed E-state index contributed by atoms with van der Waals surface area (Å²) in [7, 11) is 0. The minimum atomic E-state index is -0.104. The van der Waals surface area contributed by atoms with E-state index in [0.717, 1.165) is 44.1 Å². The van der Waals surface area contributed by atoms with E-state index in [2.05, 4.69) is 5.92 Å². The molecule has 0 aliphatic heterocycles. The van der Waals surface area contributed by atoms with E-state index in [1.54, 1.807) is 0 Å². The topological polar surface area (TPSA) is 26.3 Å². The molecule has 1 aromatic carbocycles. The minimum Gasteiger partial charge on any atom is -0.461 e. The van der Waals surface area contributed by atoms with Gasteiger partial charge in [0, 0.05) is 12.8 Å². The minimum absolute atomic E-state index is 0.104. The third-order valence-corrected chi connectivity index (χ3v) is 2.94. The third-order valence-electron chi connectivity index (χ3n) is 2.94. The van der Waals surface area contributed by atoms with Crippen LogP contribution in [0.4, 0.5) is 0 Å². The molecule has 19 heavy (non-hydrogen) atoms. The Morgan fingerprint density at radius 2 is 1.74 bits per heavy atom. The van der Waals surface area contributed by atoms with Crippen LogP contribution in [0.1, 0.15) is 50.5 Å². The Labute approximate surface area is 116 Å². The van der Waals surface area contributed by atoms with Crippen molar-refractivity contribution >= 4 is 5.97 Å². The summed E-state index contributed by atoms with van der Waals surface area (Å²) in [5, 5.41) is 0. The molecule has 0 radical (unpaired) electrons. The Balaban J connectivity index is 1.98. The van der Waals surface area contributed by atoms with Crippen molar-refractivity contribution < 1.29 is 9.53 Å². The molecule has 102 valence electrons. The molecule has 0 amide bonds. The van der Waals surface area contributed by atoms with Crippen LogP contribution >= 0.6 is 0 Å². The number of hydrogen-bond donors (Lipinski definition) is 0.